The van der Waals surface area contributed by atoms with E-state index in [9.17, 15) is 17.8 Å². The molecular weight excluding hydrogens is 593 g/mol. The molecule has 0 amide bonds. The zero-order valence-corrected chi connectivity index (χ0v) is 24.3. The summed E-state index contributed by atoms with van der Waals surface area (Å²) in [7, 11) is -5.35. The average Bonchev–Trinajstić information content (AvgIpc) is 3.19. The third kappa shape index (κ3) is 5.24. The number of sulfone groups is 1. The van der Waals surface area contributed by atoms with E-state index < -0.39 is 29.2 Å². The Labute approximate surface area is 230 Å². The fraction of sp³-hybridized carbons (Fsp3) is 0.222. The van der Waals surface area contributed by atoms with Gasteiger partial charge in [0, 0.05) is 26.2 Å². The molecular formula is C27H27BrNO7PS. The number of esters is 1. The Morgan fingerprint density at radius 3 is 2.03 bits per heavy atom. The molecule has 1 unspecified atom stereocenters. The van der Waals surface area contributed by atoms with E-state index >= 15 is 0 Å². The molecule has 1 aliphatic rings. The van der Waals surface area contributed by atoms with Gasteiger partial charge in [-0.2, -0.15) is 0 Å². The van der Waals surface area contributed by atoms with E-state index in [2.05, 4.69) is 15.9 Å². The lowest BCUT2D eigenvalue weighted by Crippen LogP contribution is -2.30. The second-order valence-electron chi connectivity index (χ2n) is 8.61. The molecule has 38 heavy (non-hydrogen) atoms. The molecule has 0 aromatic heterocycles. The lowest BCUT2D eigenvalue weighted by Gasteiger charge is -2.30. The Bertz CT molecular complexity index is 1490. The molecule has 3 aromatic rings. The van der Waals surface area contributed by atoms with Crippen LogP contribution in [0.1, 0.15) is 17.5 Å². The number of hydrogen-bond donors (Lipinski definition) is 0. The number of hydrogen-bond acceptors (Lipinski definition) is 7. The fourth-order valence-electron chi connectivity index (χ4n) is 4.25. The molecule has 0 saturated heterocycles. The van der Waals surface area contributed by atoms with E-state index in [1.165, 1.54) is 31.0 Å². The van der Waals surface area contributed by atoms with Gasteiger partial charge in [0.25, 0.3) is 0 Å². The van der Waals surface area contributed by atoms with Gasteiger partial charge in [-0.1, -0.05) is 66.2 Å². The maximum absolute atomic E-state index is 13.8. The Balaban J connectivity index is 1.89. The van der Waals surface area contributed by atoms with Crippen LogP contribution in [0.4, 0.5) is 5.69 Å². The van der Waals surface area contributed by atoms with Crippen LogP contribution in [0.2, 0.25) is 0 Å². The van der Waals surface area contributed by atoms with Gasteiger partial charge in [0.15, 0.2) is 21.1 Å². The lowest BCUT2D eigenvalue weighted by molar-refractivity contribution is -0.147. The summed E-state index contributed by atoms with van der Waals surface area (Å²) in [6, 6.07) is 23.9. The number of cyclic esters (lactones) is 1. The van der Waals surface area contributed by atoms with Gasteiger partial charge in [0.2, 0.25) is 0 Å². The van der Waals surface area contributed by atoms with Gasteiger partial charge < -0.3 is 4.74 Å². The van der Waals surface area contributed by atoms with Crippen LogP contribution < -0.4 is 4.67 Å². The molecule has 0 N–H and O–H groups in total. The summed E-state index contributed by atoms with van der Waals surface area (Å²) < 4.78 is 58.2. The van der Waals surface area contributed by atoms with Crippen molar-refractivity contribution in [2.45, 2.75) is 23.8 Å². The monoisotopic (exact) mass is 619 g/mol. The van der Waals surface area contributed by atoms with E-state index in [0.29, 0.717) is 11.3 Å². The summed E-state index contributed by atoms with van der Waals surface area (Å²) in [5.74, 6) is -1.13. The van der Waals surface area contributed by atoms with Crippen LogP contribution in [0.5, 0.6) is 0 Å². The normalized spacial score (nSPS) is 17.9. The Morgan fingerprint density at radius 1 is 0.921 bits per heavy atom. The van der Waals surface area contributed by atoms with Gasteiger partial charge in [0.1, 0.15) is 0 Å². The SMILES string of the molecule is COP(=O)(OC)N(C1=C(Br)C(CCS(=O)(=O)c2ccccc2)(c2ccccc2)OC1=O)c1ccc(C)cc1. The molecule has 0 aliphatic carbocycles. The molecule has 3 aromatic carbocycles. The van der Waals surface area contributed by atoms with Crippen molar-refractivity contribution in [3.8, 4) is 0 Å². The Morgan fingerprint density at radius 2 is 1.47 bits per heavy atom. The molecule has 0 spiro atoms. The highest BCUT2D eigenvalue weighted by Crippen LogP contribution is 2.59. The van der Waals surface area contributed by atoms with Crippen molar-refractivity contribution in [3.05, 3.63) is 106 Å². The minimum absolute atomic E-state index is 0.101. The maximum Gasteiger partial charge on any atom is 0.439 e. The number of anilines is 1. The number of carbonyl (C=O) groups excluding carboxylic acids is 1. The van der Waals surface area contributed by atoms with Crippen LogP contribution in [0, 0.1) is 6.92 Å². The van der Waals surface area contributed by atoms with Crippen LogP contribution in [-0.4, -0.2) is 34.4 Å². The van der Waals surface area contributed by atoms with Crippen LogP contribution in [0.3, 0.4) is 0 Å². The molecule has 1 atom stereocenters. The van der Waals surface area contributed by atoms with E-state index in [-0.39, 0.29) is 27.2 Å². The van der Waals surface area contributed by atoms with Crippen molar-refractivity contribution in [1.82, 2.24) is 0 Å². The van der Waals surface area contributed by atoms with Crippen LogP contribution >= 0.6 is 23.7 Å². The topological polar surface area (TPSA) is 99.2 Å². The fourth-order valence-corrected chi connectivity index (χ4v) is 7.92. The molecule has 0 saturated carbocycles. The quantitative estimate of drug-likeness (QED) is 0.197. The van der Waals surface area contributed by atoms with Crippen LogP contribution in [0.25, 0.3) is 0 Å². The van der Waals surface area contributed by atoms with Gasteiger partial charge in [-0.25, -0.2) is 22.4 Å². The second-order valence-corrected chi connectivity index (χ2v) is 13.6. The number of ether oxygens (including phenoxy) is 1. The van der Waals surface area contributed by atoms with Gasteiger partial charge in [-0.15, -0.1) is 0 Å². The molecule has 8 nitrogen and oxygen atoms in total. The molecule has 4 rings (SSSR count). The minimum atomic E-state index is -4.07. The molecule has 0 radical (unpaired) electrons. The molecule has 200 valence electrons. The zero-order chi connectivity index (χ0) is 27.6. The number of aryl methyl sites for hydroxylation is 1. The highest BCUT2D eigenvalue weighted by molar-refractivity contribution is 9.11. The van der Waals surface area contributed by atoms with Gasteiger partial charge >= 0.3 is 13.7 Å². The van der Waals surface area contributed by atoms with Crippen LogP contribution in [-0.2, 0) is 38.6 Å². The first kappa shape index (κ1) is 28.3. The first-order valence-corrected chi connectivity index (χ1v) is 15.6. The summed E-state index contributed by atoms with van der Waals surface area (Å²) in [5.41, 5.74) is 0.247. The smallest absolute Gasteiger partial charge is 0.439 e. The summed E-state index contributed by atoms with van der Waals surface area (Å²) >= 11 is 3.56. The maximum atomic E-state index is 13.8. The standard InChI is InChI=1S/C27H27BrNO7PS/c1-20-14-16-22(17-15-20)29(37(31,34-2)35-3)24-25(28)27(36-26(24)30,21-10-6-4-7-11-21)18-19-38(32,33)23-12-8-5-9-13-23/h4-17H,18-19H2,1-3H3. The van der Waals surface area contributed by atoms with Crippen LogP contribution in [0.15, 0.2) is 100 Å². The van der Waals surface area contributed by atoms with Crippen molar-refractivity contribution in [3.63, 3.8) is 0 Å². The predicted molar refractivity (Wildman–Crippen MR) is 149 cm³/mol. The van der Waals surface area contributed by atoms with Crippen molar-refractivity contribution in [2.24, 2.45) is 0 Å². The Kier molecular flexibility index (Phi) is 8.30. The first-order chi connectivity index (χ1) is 18.1. The van der Waals surface area contributed by atoms with E-state index in [1.54, 1.807) is 72.8 Å². The van der Waals surface area contributed by atoms with Gasteiger partial charge in [-0.3, -0.25) is 9.05 Å². The first-order valence-electron chi connectivity index (χ1n) is 11.6. The molecule has 0 bridgehead atoms. The van der Waals surface area contributed by atoms with Crippen molar-refractivity contribution < 1.29 is 31.6 Å². The largest absolute Gasteiger partial charge is 0.444 e. The summed E-state index contributed by atoms with van der Waals surface area (Å²) in [6.07, 6.45) is -0.101. The van der Waals surface area contributed by atoms with Gasteiger partial charge in [0.05, 0.1) is 20.8 Å². The summed E-state index contributed by atoms with van der Waals surface area (Å²) in [6.45, 7) is 1.90. The minimum Gasteiger partial charge on any atom is -0.444 e. The number of rotatable bonds is 10. The van der Waals surface area contributed by atoms with Crippen molar-refractivity contribution >= 4 is 45.2 Å². The third-order valence-corrected chi connectivity index (χ3v) is 10.9. The molecule has 0 fully saturated rings. The third-order valence-electron chi connectivity index (χ3n) is 6.28. The Hall–Kier alpha value is -2.75. The molecule has 11 heteroatoms. The second kappa shape index (κ2) is 11.2. The molecule has 1 heterocycles. The van der Waals surface area contributed by atoms with Crippen molar-refractivity contribution in [1.29, 1.82) is 0 Å². The molecule has 1 aliphatic heterocycles. The van der Waals surface area contributed by atoms with E-state index in [0.717, 1.165) is 5.56 Å². The zero-order valence-electron chi connectivity index (χ0n) is 21.0. The number of nitrogens with zero attached hydrogens (tertiary/aromatic N) is 1. The number of halogens is 1. The highest BCUT2D eigenvalue weighted by Gasteiger charge is 2.53. The lowest BCUT2D eigenvalue weighted by atomic mass is 9.91. The van der Waals surface area contributed by atoms with Crippen molar-refractivity contribution in [2.75, 3.05) is 24.6 Å². The number of benzene rings is 3. The summed E-state index contributed by atoms with van der Waals surface area (Å²) in [5, 5.41) is 0. The summed E-state index contributed by atoms with van der Waals surface area (Å²) in [4.78, 5) is 13.8. The van der Waals surface area contributed by atoms with E-state index in [4.69, 9.17) is 13.8 Å². The number of carbonyl (C=O) groups is 1. The average molecular weight is 620 g/mol. The van der Waals surface area contributed by atoms with Gasteiger partial charge in [-0.05, 0) is 47.1 Å². The van der Waals surface area contributed by atoms with E-state index in [1.807, 2.05) is 6.92 Å². The predicted octanol–water partition coefficient (Wildman–Crippen LogP) is 6.13. The highest BCUT2D eigenvalue weighted by atomic mass is 79.9.